The van der Waals surface area contributed by atoms with Gasteiger partial charge in [-0.3, -0.25) is 19.4 Å². The molecule has 0 bridgehead atoms. The number of ketones is 1. The van der Waals surface area contributed by atoms with Crippen molar-refractivity contribution in [2.45, 2.75) is 5.92 Å². The lowest BCUT2D eigenvalue weighted by molar-refractivity contribution is -0.144. The van der Waals surface area contributed by atoms with Crippen LogP contribution in [0.2, 0.25) is 0 Å². The molecule has 1 atom stereocenters. The second-order valence-electron chi connectivity index (χ2n) is 5.08. The lowest BCUT2D eigenvalue weighted by Gasteiger charge is -2.19. The number of carbonyl (C=O) groups is 2. The summed E-state index contributed by atoms with van der Waals surface area (Å²) in [5.74, 6) is -2.94. The first-order valence-corrected chi connectivity index (χ1v) is 6.88. The summed E-state index contributed by atoms with van der Waals surface area (Å²) in [4.78, 5) is 52.8. The van der Waals surface area contributed by atoms with Gasteiger partial charge < -0.3 is 0 Å². The maximum atomic E-state index is 12.7. The van der Waals surface area contributed by atoms with Crippen molar-refractivity contribution in [3.8, 4) is 5.69 Å². The molecule has 0 spiro atoms. The fourth-order valence-electron chi connectivity index (χ4n) is 2.28. The summed E-state index contributed by atoms with van der Waals surface area (Å²) in [5.41, 5.74) is -1.51. The summed E-state index contributed by atoms with van der Waals surface area (Å²) in [6.07, 6.45) is 3.99. The van der Waals surface area contributed by atoms with Gasteiger partial charge in [-0.05, 0) is 12.1 Å². The normalized spacial score (nSPS) is 17.4. The number of aromatic nitrogens is 4. The van der Waals surface area contributed by atoms with Crippen LogP contribution < -0.4 is 11.2 Å². The maximum Gasteiger partial charge on any atom is 0.351 e. The third-order valence-corrected chi connectivity index (χ3v) is 3.52. The molecule has 10 nitrogen and oxygen atoms in total. The number of likely N-dealkylation sites (N-methyl/N-ethyl adjacent to an activating group) is 1. The quantitative estimate of drug-likeness (QED) is 0.615. The van der Waals surface area contributed by atoms with E-state index in [1.807, 2.05) is 0 Å². The van der Waals surface area contributed by atoms with E-state index in [4.69, 9.17) is 0 Å². The Bertz CT molecular complexity index is 975. The predicted octanol–water partition coefficient (Wildman–Crippen LogP) is -1.56. The zero-order valence-electron chi connectivity index (χ0n) is 12.8. The summed E-state index contributed by atoms with van der Waals surface area (Å²) in [7, 11) is 2.67. The third kappa shape index (κ3) is 2.33. The van der Waals surface area contributed by atoms with Crippen LogP contribution in [0.5, 0.6) is 0 Å². The van der Waals surface area contributed by atoms with Crippen LogP contribution in [0.3, 0.4) is 0 Å². The van der Waals surface area contributed by atoms with Gasteiger partial charge in [0.15, 0.2) is 0 Å². The molecule has 0 saturated carbocycles. The van der Waals surface area contributed by atoms with Crippen molar-refractivity contribution in [2.75, 3.05) is 7.05 Å². The van der Waals surface area contributed by atoms with Crippen molar-refractivity contribution >= 4 is 17.9 Å². The van der Waals surface area contributed by atoms with Gasteiger partial charge in [-0.25, -0.2) is 19.1 Å². The highest BCUT2D eigenvalue weighted by atomic mass is 16.2. The molecule has 10 heteroatoms. The molecule has 3 heterocycles. The van der Waals surface area contributed by atoms with Crippen molar-refractivity contribution in [3.05, 3.63) is 51.1 Å². The Morgan fingerprint density at radius 2 is 1.88 bits per heavy atom. The second-order valence-corrected chi connectivity index (χ2v) is 5.08. The minimum Gasteiger partial charge on any atom is -0.287 e. The Labute approximate surface area is 134 Å². The van der Waals surface area contributed by atoms with Gasteiger partial charge in [0, 0.05) is 26.5 Å². The number of nitrogens with zero attached hydrogens (tertiary/aromatic N) is 6. The van der Waals surface area contributed by atoms with E-state index in [0.29, 0.717) is 0 Å². The Morgan fingerprint density at radius 1 is 1.12 bits per heavy atom. The smallest absolute Gasteiger partial charge is 0.287 e. The summed E-state index contributed by atoms with van der Waals surface area (Å²) >= 11 is 0. The molecule has 1 amide bonds. The summed E-state index contributed by atoms with van der Waals surface area (Å²) in [6, 6.07) is 3.09. The van der Waals surface area contributed by atoms with E-state index >= 15 is 0 Å². The molecule has 1 aliphatic heterocycles. The number of hydrazone groups is 1. The molecular formula is C14H12N6O4. The monoisotopic (exact) mass is 328 g/mol. The standard InChI is InChI=1S/C14H12N6O4/c1-18-13(23)11(21)9(7-16-18)10-12(22)20(14(24)19(2)17-10)8-4-3-5-15-6-8/h3-7,9H,1-2H3. The van der Waals surface area contributed by atoms with E-state index in [0.717, 1.165) is 20.5 Å². The fraction of sp³-hybridized carbons (Fsp3) is 0.214. The van der Waals surface area contributed by atoms with Gasteiger partial charge in [-0.1, -0.05) is 0 Å². The average Bonchev–Trinajstić information content (AvgIpc) is 2.58. The van der Waals surface area contributed by atoms with Crippen LogP contribution in [0, 0.1) is 0 Å². The van der Waals surface area contributed by atoms with E-state index < -0.39 is 28.9 Å². The Morgan fingerprint density at radius 3 is 2.54 bits per heavy atom. The summed E-state index contributed by atoms with van der Waals surface area (Å²) < 4.78 is 1.77. The van der Waals surface area contributed by atoms with Crippen LogP contribution in [-0.4, -0.2) is 49.3 Å². The SMILES string of the molecule is CN1N=CC(c2nn(C)c(=O)n(-c3cccnc3)c2=O)C(=O)C1=O. The van der Waals surface area contributed by atoms with Gasteiger partial charge >= 0.3 is 11.6 Å². The largest absolute Gasteiger partial charge is 0.351 e. The maximum absolute atomic E-state index is 12.7. The van der Waals surface area contributed by atoms with E-state index in [9.17, 15) is 19.2 Å². The van der Waals surface area contributed by atoms with Crippen LogP contribution in [0.4, 0.5) is 0 Å². The molecule has 1 unspecified atom stereocenters. The lowest BCUT2D eigenvalue weighted by Crippen LogP contribution is -2.46. The number of pyridine rings is 1. The molecular weight excluding hydrogens is 316 g/mol. The fourth-order valence-corrected chi connectivity index (χ4v) is 2.28. The van der Waals surface area contributed by atoms with E-state index in [2.05, 4.69) is 15.2 Å². The highest BCUT2D eigenvalue weighted by molar-refractivity contribution is 6.42. The van der Waals surface area contributed by atoms with Gasteiger partial charge in [0.25, 0.3) is 5.56 Å². The molecule has 0 radical (unpaired) electrons. The number of aryl methyl sites for hydroxylation is 1. The van der Waals surface area contributed by atoms with Crippen LogP contribution in [0.15, 0.2) is 39.2 Å². The van der Waals surface area contributed by atoms with Gasteiger partial charge in [-0.15, -0.1) is 0 Å². The summed E-state index contributed by atoms with van der Waals surface area (Å²) in [5, 5.41) is 8.50. The highest BCUT2D eigenvalue weighted by Gasteiger charge is 2.35. The van der Waals surface area contributed by atoms with Crippen molar-refractivity contribution in [1.82, 2.24) is 24.3 Å². The molecule has 0 N–H and O–H groups in total. The molecule has 0 aliphatic carbocycles. The zero-order chi connectivity index (χ0) is 17.4. The molecule has 2 aromatic rings. The van der Waals surface area contributed by atoms with Crippen molar-refractivity contribution in [2.24, 2.45) is 12.1 Å². The third-order valence-electron chi connectivity index (χ3n) is 3.52. The van der Waals surface area contributed by atoms with Crippen LogP contribution in [0.25, 0.3) is 5.69 Å². The van der Waals surface area contributed by atoms with Crippen molar-refractivity contribution in [1.29, 1.82) is 0 Å². The van der Waals surface area contributed by atoms with E-state index in [1.165, 1.54) is 32.6 Å². The van der Waals surface area contributed by atoms with E-state index in [1.54, 1.807) is 6.07 Å². The first kappa shape index (κ1) is 15.5. The minimum absolute atomic E-state index is 0.232. The van der Waals surface area contributed by atoms with Gasteiger partial charge in [0.05, 0.1) is 11.9 Å². The lowest BCUT2D eigenvalue weighted by atomic mass is 10.00. The van der Waals surface area contributed by atoms with Crippen LogP contribution in [0.1, 0.15) is 11.6 Å². The number of hydrogen-bond donors (Lipinski definition) is 0. The number of Topliss-reactive ketones (excluding diaryl/α,β-unsaturated/α-hetero) is 1. The molecule has 0 aromatic carbocycles. The molecule has 2 aromatic heterocycles. The molecule has 3 rings (SSSR count). The van der Waals surface area contributed by atoms with Gasteiger partial charge in [0.2, 0.25) is 5.78 Å². The zero-order valence-corrected chi connectivity index (χ0v) is 12.8. The molecule has 122 valence electrons. The predicted molar refractivity (Wildman–Crippen MR) is 81.9 cm³/mol. The highest BCUT2D eigenvalue weighted by Crippen LogP contribution is 2.14. The number of hydrogen-bond acceptors (Lipinski definition) is 7. The van der Waals surface area contributed by atoms with Crippen LogP contribution in [-0.2, 0) is 16.6 Å². The van der Waals surface area contributed by atoms with Crippen molar-refractivity contribution < 1.29 is 9.59 Å². The second kappa shape index (κ2) is 5.65. The molecule has 1 aliphatic rings. The van der Waals surface area contributed by atoms with Crippen LogP contribution >= 0.6 is 0 Å². The van der Waals surface area contributed by atoms with Crippen molar-refractivity contribution in [3.63, 3.8) is 0 Å². The average molecular weight is 328 g/mol. The molecule has 0 saturated heterocycles. The molecule has 0 fully saturated rings. The first-order chi connectivity index (χ1) is 11.4. The first-order valence-electron chi connectivity index (χ1n) is 6.88. The minimum atomic E-state index is -1.24. The topological polar surface area (TPSA) is 120 Å². The number of amides is 1. The van der Waals surface area contributed by atoms with Gasteiger partial charge in [0.1, 0.15) is 11.6 Å². The number of carbonyl (C=O) groups excluding carboxylic acids is 2. The Hall–Kier alpha value is -3.43. The number of rotatable bonds is 2. The van der Waals surface area contributed by atoms with Gasteiger partial charge in [-0.2, -0.15) is 10.2 Å². The summed E-state index contributed by atoms with van der Waals surface area (Å²) in [6.45, 7) is 0. The Kier molecular flexibility index (Phi) is 3.64. The molecule has 24 heavy (non-hydrogen) atoms. The van der Waals surface area contributed by atoms with E-state index in [-0.39, 0.29) is 11.4 Å². The Balaban J connectivity index is 2.25.